The van der Waals surface area contributed by atoms with Gasteiger partial charge in [0.2, 0.25) is 0 Å². The largest absolute Gasteiger partial charge is 0.297 e. The topological polar surface area (TPSA) is 17.1 Å². The maximum absolute atomic E-state index is 11.5. The summed E-state index contributed by atoms with van der Waals surface area (Å²) in [5.41, 5.74) is 0. The van der Waals surface area contributed by atoms with Gasteiger partial charge in [-0.1, -0.05) is 45.2 Å². The smallest absolute Gasteiger partial charge is 0.162 e. The highest BCUT2D eigenvalue weighted by molar-refractivity contribution is 9.11. The SMILES string of the molecule is CCCC(Br)C(=O)C(C)(C)Br. The number of alkyl halides is 2. The summed E-state index contributed by atoms with van der Waals surface area (Å²) in [6.45, 7) is 5.82. The van der Waals surface area contributed by atoms with Crippen LogP contribution in [0.5, 0.6) is 0 Å². The molecular formula is C8H14Br2O. The molecule has 0 bridgehead atoms. The third-order valence-corrected chi connectivity index (χ3v) is 2.68. The number of Topliss-reactive ketones (excluding diaryl/α,β-unsaturated/α-hetero) is 1. The van der Waals surface area contributed by atoms with Crippen molar-refractivity contribution < 1.29 is 4.79 Å². The molecule has 1 nitrogen and oxygen atoms in total. The second-order valence-electron chi connectivity index (χ2n) is 3.09. The Kier molecular flexibility index (Phi) is 4.87. The van der Waals surface area contributed by atoms with Crippen molar-refractivity contribution in [1.29, 1.82) is 0 Å². The van der Waals surface area contributed by atoms with Crippen LogP contribution in [-0.2, 0) is 4.79 Å². The summed E-state index contributed by atoms with van der Waals surface area (Å²) in [5, 5.41) is 0. The van der Waals surface area contributed by atoms with E-state index in [0.29, 0.717) is 0 Å². The predicted octanol–water partition coefficient (Wildman–Crippen LogP) is 3.29. The Labute approximate surface area is 85.2 Å². The molecule has 0 aromatic heterocycles. The molecule has 0 aromatic rings. The molecule has 0 aliphatic heterocycles. The number of rotatable bonds is 4. The van der Waals surface area contributed by atoms with Gasteiger partial charge in [-0.3, -0.25) is 4.79 Å². The number of carbonyl (C=O) groups excluding carboxylic acids is 1. The Bertz CT molecular complexity index is 138. The molecule has 0 aliphatic carbocycles. The molecule has 3 heteroatoms. The zero-order valence-electron chi connectivity index (χ0n) is 7.16. The summed E-state index contributed by atoms with van der Waals surface area (Å²) < 4.78 is -0.393. The first kappa shape index (κ1) is 11.6. The van der Waals surface area contributed by atoms with Crippen LogP contribution in [0.25, 0.3) is 0 Å². The summed E-state index contributed by atoms with van der Waals surface area (Å²) in [6.07, 6.45) is 1.94. The standard InChI is InChI=1S/C8H14Br2O/c1-4-5-6(9)7(11)8(2,3)10/h6H,4-5H2,1-3H3. The van der Waals surface area contributed by atoms with Gasteiger partial charge in [-0.05, 0) is 20.3 Å². The minimum absolute atomic E-state index is 0.00174. The maximum atomic E-state index is 11.5. The quantitative estimate of drug-likeness (QED) is 0.725. The summed E-state index contributed by atoms with van der Waals surface area (Å²) in [6, 6.07) is 0. The summed E-state index contributed by atoms with van der Waals surface area (Å²) in [7, 11) is 0. The first-order valence-electron chi connectivity index (χ1n) is 3.77. The van der Waals surface area contributed by atoms with E-state index in [0.717, 1.165) is 12.8 Å². The van der Waals surface area contributed by atoms with Crippen molar-refractivity contribution in [3.63, 3.8) is 0 Å². The molecule has 0 radical (unpaired) electrons. The monoisotopic (exact) mass is 284 g/mol. The average molecular weight is 286 g/mol. The second-order valence-corrected chi connectivity index (χ2v) is 6.18. The maximum Gasteiger partial charge on any atom is 0.162 e. The van der Waals surface area contributed by atoms with Crippen molar-refractivity contribution >= 4 is 37.6 Å². The highest BCUT2D eigenvalue weighted by Gasteiger charge is 2.28. The van der Waals surface area contributed by atoms with Crippen LogP contribution in [-0.4, -0.2) is 14.9 Å². The molecule has 0 saturated heterocycles. The van der Waals surface area contributed by atoms with Gasteiger partial charge in [0.15, 0.2) is 5.78 Å². The molecule has 1 atom stereocenters. The fourth-order valence-corrected chi connectivity index (χ4v) is 2.37. The number of halogens is 2. The van der Waals surface area contributed by atoms with E-state index in [1.807, 2.05) is 13.8 Å². The fourth-order valence-electron chi connectivity index (χ4n) is 0.757. The van der Waals surface area contributed by atoms with Gasteiger partial charge in [-0.25, -0.2) is 0 Å². The van der Waals surface area contributed by atoms with E-state index in [4.69, 9.17) is 0 Å². The third kappa shape index (κ3) is 4.26. The van der Waals surface area contributed by atoms with E-state index in [9.17, 15) is 4.79 Å². The molecule has 0 aromatic carbocycles. The fraction of sp³-hybridized carbons (Fsp3) is 0.875. The summed E-state index contributed by atoms with van der Waals surface area (Å²) in [4.78, 5) is 11.5. The van der Waals surface area contributed by atoms with E-state index in [1.54, 1.807) is 0 Å². The van der Waals surface area contributed by atoms with Crippen LogP contribution in [0.1, 0.15) is 33.6 Å². The number of hydrogen-bond acceptors (Lipinski definition) is 1. The average Bonchev–Trinajstić information content (AvgIpc) is 1.85. The van der Waals surface area contributed by atoms with Crippen molar-refractivity contribution in [2.75, 3.05) is 0 Å². The Morgan fingerprint density at radius 3 is 2.27 bits per heavy atom. The van der Waals surface area contributed by atoms with Gasteiger partial charge < -0.3 is 0 Å². The van der Waals surface area contributed by atoms with Crippen LogP contribution in [0.4, 0.5) is 0 Å². The van der Waals surface area contributed by atoms with Gasteiger partial charge in [0.05, 0.1) is 9.15 Å². The van der Waals surface area contributed by atoms with Gasteiger partial charge in [-0.15, -0.1) is 0 Å². The minimum Gasteiger partial charge on any atom is -0.297 e. The van der Waals surface area contributed by atoms with Gasteiger partial charge in [0.1, 0.15) is 0 Å². The lowest BCUT2D eigenvalue weighted by molar-refractivity contribution is -0.119. The molecule has 0 N–H and O–H groups in total. The van der Waals surface area contributed by atoms with Crippen LogP contribution >= 0.6 is 31.9 Å². The summed E-state index contributed by atoms with van der Waals surface area (Å²) in [5.74, 6) is 0.222. The number of ketones is 1. The molecule has 0 amide bonds. The van der Waals surface area contributed by atoms with Crippen molar-refractivity contribution in [3.05, 3.63) is 0 Å². The van der Waals surface area contributed by atoms with Gasteiger partial charge in [0.25, 0.3) is 0 Å². The van der Waals surface area contributed by atoms with E-state index < -0.39 is 4.32 Å². The van der Waals surface area contributed by atoms with Gasteiger partial charge in [0, 0.05) is 0 Å². The molecule has 11 heavy (non-hydrogen) atoms. The molecular weight excluding hydrogens is 272 g/mol. The first-order valence-corrected chi connectivity index (χ1v) is 5.47. The highest BCUT2D eigenvalue weighted by Crippen LogP contribution is 2.24. The summed E-state index contributed by atoms with van der Waals surface area (Å²) >= 11 is 6.69. The molecule has 0 rings (SSSR count). The van der Waals surface area contributed by atoms with Crippen molar-refractivity contribution in [3.8, 4) is 0 Å². The third-order valence-electron chi connectivity index (χ3n) is 1.41. The van der Waals surface area contributed by atoms with Crippen molar-refractivity contribution in [1.82, 2.24) is 0 Å². The van der Waals surface area contributed by atoms with Gasteiger partial charge in [-0.2, -0.15) is 0 Å². The van der Waals surface area contributed by atoms with E-state index >= 15 is 0 Å². The number of hydrogen-bond donors (Lipinski definition) is 0. The lowest BCUT2D eigenvalue weighted by atomic mass is 10.0. The Balaban J connectivity index is 4.03. The van der Waals surface area contributed by atoms with Crippen LogP contribution in [0, 0.1) is 0 Å². The Hall–Kier alpha value is 0.630. The number of carbonyl (C=O) groups is 1. The van der Waals surface area contributed by atoms with Crippen LogP contribution in [0.3, 0.4) is 0 Å². The highest BCUT2D eigenvalue weighted by atomic mass is 79.9. The zero-order valence-corrected chi connectivity index (χ0v) is 10.3. The van der Waals surface area contributed by atoms with E-state index in [1.165, 1.54) is 0 Å². The normalized spacial score (nSPS) is 14.6. The van der Waals surface area contributed by atoms with Crippen LogP contribution in [0.2, 0.25) is 0 Å². The molecule has 66 valence electrons. The lowest BCUT2D eigenvalue weighted by Crippen LogP contribution is -2.31. The van der Waals surface area contributed by atoms with Crippen molar-refractivity contribution in [2.45, 2.75) is 42.8 Å². The zero-order chi connectivity index (χ0) is 9.07. The minimum atomic E-state index is -0.393. The predicted molar refractivity (Wildman–Crippen MR) is 55.6 cm³/mol. The van der Waals surface area contributed by atoms with E-state index in [-0.39, 0.29) is 10.6 Å². The lowest BCUT2D eigenvalue weighted by Gasteiger charge is -2.18. The van der Waals surface area contributed by atoms with Crippen LogP contribution in [0.15, 0.2) is 0 Å². The molecule has 0 spiro atoms. The molecule has 1 unspecified atom stereocenters. The molecule has 0 saturated carbocycles. The Morgan fingerprint density at radius 2 is 2.00 bits per heavy atom. The van der Waals surface area contributed by atoms with Crippen LogP contribution < -0.4 is 0 Å². The molecule has 0 aliphatic rings. The molecule has 0 fully saturated rings. The first-order chi connectivity index (χ1) is 4.89. The van der Waals surface area contributed by atoms with Gasteiger partial charge >= 0.3 is 0 Å². The Morgan fingerprint density at radius 1 is 1.55 bits per heavy atom. The van der Waals surface area contributed by atoms with Crippen molar-refractivity contribution in [2.24, 2.45) is 0 Å². The van der Waals surface area contributed by atoms with E-state index in [2.05, 4.69) is 38.8 Å². The molecule has 0 heterocycles. The second kappa shape index (κ2) is 4.61.